The van der Waals surface area contributed by atoms with Gasteiger partial charge in [-0.05, 0) is 12.1 Å². The summed E-state index contributed by atoms with van der Waals surface area (Å²) in [5.41, 5.74) is 0.362. The van der Waals surface area contributed by atoms with Crippen LogP contribution in [0.4, 0.5) is 0 Å². The van der Waals surface area contributed by atoms with Crippen molar-refractivity contribution in [3.63, 3.8) is 0 Å². The fraction of sp³-hybridized carbons (Fsp3) is 0.231. The smallest absolute Gasteiger partial charge is 0.251 e. The predicted octanol–water partition coefficient (Wildman–Crippen LogP) is 2.73. The zero-order chi connectivity index (χ0) is 13.2. The van der Waals surface area contributed by atoms with Crippen LogP contribution in [0.3, 0.4) is 0 Å². The predicted molar refractivity (Wildman–Crippen MR) is 74.9 cm³/mol. The standard InChI is InChI=1S/C13H11ClN2O2S/c14-6-8-5-12(17)16-13(15-8)10-7-19-11-4-2-1-3-9(11)18-10/h1-5,10H,6-7H2,(H,15,16,17). The third-order valence-electron chi connectivity index (χ3n) is 2.76. The highest BCUT2D eigenvalue weighted by molar-refractivity contribution is 7.99. The summed E-state index contributed by atoms with van der Waals surface area (Å²) >= 11 is 7.42. The lowest BCUT2D eigenvalue weighted by Crippen LogP contribution is -2.22. The van der Waals surface area contributed by atoms with Crippen molar-refractivity contribution in [2.45, 2.75) is 16.9 Å². The van der Waals surface area contributed by atoms with Crippen LogP contribution >= 0.6 is 23.4 Å². The van der Waals surface area contributed by atoms with E-state index in [-0.39, 0.29) is 17.5 Å². The second-order valence-corrected chi connectivity index (χ2v) is 5.45. The van der Waals surface area contributed by atoms with Crippen LogP contribution in [0.1, 0.15) is 17.6 Å². The van der Waals surface area contributed by atoms with Gasteiger partial charge < -0.3 is 9.72 Å². The van der Waals surface area contributed by atoms with Crippen LogP contribution in [0.15, 0.2) is 40.0 Å². The van der Waals surface area contributed by atoms with Crippen LogP contribution in [-0.2, 0) is 5.88 Å². The zero-order valence-corrected chi connectivity index (χ0v) is 11.5. The summed E-state index contributed by atoms with van der Waals surface area (Å²) in [5.74, 6) is 2.28. The van der Waals surface area contributed by atoms with Gasteiger partial charge in [-0.15, -0.1) is 23.4 Å². The normalized spacial score (nSPS) is 17.6. The largest absolute Gasteiger partial charge is 0.480 e. The topological polar surface area (TPSA) is 55.0 Å². The number of halogens is 1. The molecule has 1 unspecified atom stereocenters. The number of hydrogen-bond donors (Lipinski definition) is 1. The van der Waals surface area contributed by atoms with Crippen molar-refractivity contribution >= 4 is 23.4 Å². The summed E-state index contributed by atoms with van der Waals surface area (Å²) < 4.78 is 5.88. The quantitative estimate of drug-likeness (QED) is 0.865. The molecule has 98 valence electrons. The minimum absolute atomic E-state index is 0.201. The molecule has 1 aromatic carbocycles. The van der Waals surface area contributed by atoms with Crippen LogP contribution < -0.4 is 10.3 Å². The van der Waals surface area contributed by atoms with Crippen molar-refractivity contribution in [2.24, 2.45) is 0 Å². The Kier molecular flexibility index (Phi) is 3.48. The summed E-state index contributed by atoms with van der Waals surface area (Å²) in [6.45, 7) is 0. The van der Waals surface area contributed by atoms with Gasteiger partial charge in [-0.25, -0.2) is 4.98 Å². The number of thioether (sulfide) groups is 1. The minimum atomic E-state index is -0.254. The number of alkyl halides is 1. The van der Waals surface area contributed by atoms with Crippen molar-refractivity contribution in [1.82, 2.24) is 9.97 Å². The Labute approximate surface area is 119 Å². The highest BCUT2D eigenvalue weighted by atomic mass is 35.5. The van der Waals surface area contributed by atoms with E-state index in [9.17, 15) is 4.79 Å². The maximum absolute atomic E-state index is 11.5. The molecule has 1 aliphatic rings. The number of aromatic amines is 1. The van der Waals surface area contributed by atoms with Gasteiger partial charge in [0.2, 0.25) is 0 Å². The van der Waals surface area contributed by atoms with E-state index in [1.54, 1.807) is 11.8 Å². The Hall–Kier alpha value is -1.46. The van der Waals surface area contributed by atoms with Crippen LogP contribution in [0, 0.1) is 0 Å². The maximum Gasteiger partial charge on any atom is 0.251 e. The summed E-state index contributed by atoms with van der Waals surface area (Å²) in [6.07, 6.45) is -0.254. The van der Waals surface area contributed by atoms with Gasteiger partial charge in [-0.1, -0.05) is 12.1 Å². The van der Waals surface area contributed by atoms with Crippen molar-refractivity contribution < 1.29 is 4.74 Å². The average Bonchev–Trinajstić information content (AvgIpc) is 2.46. The number of hydrogen-bond acceptors (Lipinski definition) is 4. The molecule has 0 bridgehead atoms. The summed E-state index contributed by atoms with van der Waals surface area (Å²) in [6, 6.07) is 9.23. The number of aromatic nitrogens is 2. The van der Waals surface area contributed by atoms with Crippen LogP contribution in [0.25, 0.3) is 0 Å². The highest BCUT2D eigenvalue weighted by Gasteiger charge is 2.23. The fourth-order valence-electron chi connectivity index (χ4n) is 1.90. The SMILES string of the molecule is O=c1cc(CCl)nc(C2CSc3ccccc3O2)[nH]1. The Morgan fingerprint density at radius 1 is 1.47 bits per heavy atom. The summed E-state index contributed by atoms with van der Waals surface area (Å²) in [4.78, 5) is 19.7. The number of nitrogens with zero attached hydrogens (tertiary/aromatic N) is 1. The van der Waals surface area contributed by atoms with Crippen molar-refractivity contribution in [2.75, 3.05) is 5.75 Å². The molecule has 1 N–H and O–H groups in total. The molecule has 19 heavy (non-hydrogen) atoms. The number of fused-ring (bicyclic) bond motifs is 1. The first-order valence-corrected chi connectivity index (χ1v) is 7.33. The maximum atomic E-state index is 11.5. The molecule has 0 amide bonds. The first-order valence-electron chi connectivity index (χ1n) is 5.81. The van der Waals surface area contributed by atoms with Gasteiger partial charge in [0.1, 0.15) is 5.75 Å². The molecule has 0 radical (unpaired) electrons. The Bertz CT molecular complexity index is 659. The number of nitrogens with one attached hydrogen (secondary N) is 1. The van der Waals surface area contributed by atoms with Gasteiger partial charge in [0.15, 0.2) is 11.9 Å². The third kappa shape index (κ3) is 2.62. The van der Waals surface area contributed by atoms with Crippen LogP contribution in [0.2, 0.25) is 0 Å². The molecule has 0 spiro atoms. The third-order valence-corrected chi connectivity index (χ3v) is 4.16. The molecule has 2 aromatic rings. The monoisotopic (exact) mass is 294 g/mol. The second-order valence-electron chi connectivity index (χ2n) is 4.12. The van der Waals surface area contributed by atoms with Gasteiger partial charge in [0.05, 0.1) is 11.6 Å². The van der Waals surface area contributed by atoms with E-state index in [2.05, 4.69) is 9.97 Å². The number of H-pyrrole nitrogens is 1. The van der Waals surface area contributed by atoms with Crippen LogP contribution in [-0.4, -0.2) is 15.7 Å². The Morgan fingerprint density at radius 2 is 2.32 bits per heavy atom. The average molecular weight is 295 g/mol. The van der Waals surface area contributed by atoms with Gasteiger partial charge in [-0.2, -0.15) is 0 Å². The van der Waals surface area contributed by atoms with Gasteiger partial charge in [-0.3, -0.25) is 4.79 Å². The molecule has 1 atom stereocenters. The number of para-hydroxylation sites is 1. The second kappa shape index (κ2) is 5.27. The number of benzene rings is 1. The number of rotatable bonds is 2. The lowest BCUT2D eigenvalue weighted by molar-refractivity contribution is 0.209. The molecule has 0 fully saturated rings. The summed E-state index contributed by atoms with van der Waals surface area (Å²) in [5, 5.41) is 0. The van der Waals surface area contributed by atoms with E-state index in [1.165, 1.54) is 6.07 Å². The molecular formula is C13H11ClN2O2S. The summed E-state index contributed by atoms with van der Waals surface area (Å²) in [7, 11) is 0. The first-order chi connectivity index (χ1) is 9.26. The molecular weight excluding hydrogens is 284 g/mol. The number of ether oxygens (including phenoxy) is 1. The van der Waals surface area contributed by atoms with E-state index >= 15 is 0 Å². The van der Waals surface area contributed by atoms with E-state index in [4.69, 9.17) is 16.3 Å². The molecule has 1 aromatic heterocycles. The molecule has 4 nitrogen and oxygen atoms in total. The van der Waals surface area contributed by atoms with E-state index in [1.807, 2.05) is 24.3 Å². The molecule has 3 rings (SSSR count). The molecule has 6 heteroatoms. The van der Waals surface area contributed by atoms with Gasteiger partial charge >= 0.3 is 0 Å². The Balaban J connectivity index is 1.93. The molecule has 0 saturated carbocycles. The lowest BCUT2D eigenvalue weighted by atomic mass is 10.3. The van der Waals surface area contributed by atoms with E-state index < -0.39 is 0 Å². The van der Waals surface area contributed by atoms with Crippen molar-refractivity contribution in [3.05, 3.63) is 52.2 Å². The first kappa shape index (κ1) is 12.6. The van der Waals surface area contributed by atoms with E-state index in [0.29, 0.717) is 17.3 Å². The van der Waals surface area contributed by atoms with Gasteiger partial charge in [0, 0.05) is 16.7 Å². The minimum Gasteiger partial charge on any atom is -0.480 e. The highest BCUT2D eigenvalue weighted by Crippen LogP contribution is 2.39. The fourth-order valence-corrected chi connectivity index (χ4v) is 3.03. The van der Waals surface area contributed by atoms with Gasteiger partial charge in [0.25, 0.3) is 5.56 Å². The molecule has 0 aliphatic carbocycles. The Morgan fingerprint density at radius 3 is 3.16 bits per heavy atom. The van der Waals surface area contributed by atoms with Crippen LogP contribution in [0.5, 0.6) is 5.75 Å². The lowest BCUT2D eigenvalue weighted by Gasteiger charge is -2.24. The molecule has 2 heterocycles. The zero-order valence-electron chi connectivity index (χ0n) is 9.93. The molecule has 1 aliphatic heterocycles. The van der Waals surface area contributed by atoms with Crippen molar-refractivity contribution in [3.8, 4) is 5.75 Å². The van der Waals surface area contributed by atoms with E-state index in [0.717, 1.165) is 10.6 Å². The van der Waals surface area contributed by atoms with Crippen molar-refractivity contribution in [1.29, 1.82) is 0 Å². The molecule has 0 saturated heterocycles.